The van der Waals surface area contributed by atoms with Crippen LogP contribution in [0.2, 0.25) is 5.02 Å². The molecule has 0 aliphatic carbocycles. The molecule has 1 aromatic heterocycles. The zero-order chi connectivity index (χ0) is 21.1. The molecule has 0 unspecified atom stereocenters. The number of benzene rings is 2. The topological polar surface area (TPSA) is 80.9 Å². The zero-order valence-electron chi connectivity index (χ0n) is 15.7. The fourth-order valence-electron chi connectivity index (χ4n) is 2.76. The molecule has 8 heteroatoms. The van der Waals surface area contributed by atoms with Crippen LogP contribution in [0.15, 0.2) is 75.0 Å². The molecule has 1 aliphatic rings. The van der Waals surface area contributed by atoms with Gasteiger partial charge in [0.25, 0.3) is 5.91 Å². The smallest absolute Gasteiger partial charge is 0.337 e. The Morgan fingerprint density at radius 2 is 1.97 bits per heavy atom. The Hall–Kier alpha value is -3.29. The summed E-state index contributed by atoms with van der Waals surface area (Å²) in [4.78, 5) is 28.9. The number of aliphatic imine (C=N–C) groups is 1. The second-order valence-corrected chi connectivity index (χ2v) is 7.64. The second-order valence-electron chi connectivity index (χ2n) is 6.21. The number of amidine groups is 1. The predicted octanol–water partition coefficient (Wildman–Crippen LogP) is 5.28. The highest BCUT2D eigenvalue weighted by Gasteiger charge is 2.24. The van der Waals surface area contributed by atoms with Crippen LogP contribution in [-0.4, -0.2) is 24.2 Å². The van der Waals surface area contributed by atoms with Crippen molar-refractivity contribution in [1.29, 1.82) is 0 Å². The first-order valence-corrected chi connectivity index (χ1v) is 10.1. The van der Waals surface area contributed by atoms with Gasteiger partial charge in [-0.3, -0.25) is 4.79 Å². The lowest BCUT2D eigenvalue weighted by Crippen LogP contribution is -2.19. The number of hydrogen-bond donors (Lipinski definition) is 1. The Labute approximate surface area is 181 Å². The lowest BCUT2D eigenvalue weighted by Gasteiger charge is -2.04. The average Bonchev–Trinajstić information content (AvgIpc) is 3.35. The Morgan fingerprint density at radius 3 is 2.73 bits per heavy atom. The molecule has 150 valence electrons. The van der Waals surface area contributed by atoms with E-state index in [0.717, 1.165) is 5.69 Å². The molecular formula is C22H15ClN2O4S. The molecule has 2 aromatic carbocycles. The number of rotatable bonds is 4. The minimum absolute atomic E-state index is 0.252. The molecule has 6 nitrogen and oxygen atoms in total. The summed E-state index contributed by atoms with van der Waals surface area (Å²) in [5, 5.41) is 3.67. The number of nitrogens with zero attached hydrogens (tertiary/aromatic N) is 1. The van der Waals surface area contributed by atoms with Crippen LogP contribution in [0.5, 0.6) is 0 Å². The van der Waals surface area contributed by atoms with Crippen LogP contribution in [0.4, 0.5) is 5.69 Å². The number of nitrogens with one attached hydrogen (secondary N) is 1. The molecule has 4 rings (SSSR count). The number of furan rings is 1. The lowest BCUT2D eigenvalue weighted by atomic mass is 10.1. The van der Waals surface area contributed by atoms with Crippen molar-refractivity contribution >= 4 is 52.2 Å². The SMILES string of the molecule is COC(=O)c1ccc(Cl)c(-c2ccc(C=C3SC(=Nc4ccccc4)NC3=O)o2)c1. The van der Waals surface area contributed by atoms with Gasteiger partial charge in [-0.1, -0.05) is 29.8 Å². The minimum Gasteiger partial charge on any atom is -0.465 e. The summed E-state index contributed by atoms with van der Waals surface area (Å²) < 4.78 is 10.6. The molecule has 1 aliphatic heterocycles. The van der Waals surface area contributed by atoms with E-state index in [1.807, 2.05) is 30.3 Å². The first kappa shape index (κ1) is 20.0. The van der Waals surface area contributed by atoms with Crippen molar-refractivity contribution in [2.24, 2.45) is 4.99 Å². The van der Waals surface area contributed by atoms with Gasteiger partial charge in [0.05, 0.1) is 28.3 Å². The maximum absolute atomic E-state index is 12.3. The maximum Gasteiger partial charge on any atom is 0.337 e. The summed E-state index contributed by atoms with van der Waals surface area (Å²) in [7, 11) is 1.31. The second kappa shape index (κ2) is 8.61. The number of halogens is 1. The molecule has 0 bridgehead atoms. The molecule has 2 heterocycles. The molecule has 0 radical (unpaired) electrons. The normalized spacial score (nSPS) is 16.1. The van der Waals surface area contributed by atoms with Gasteiger partial charge >= 0.3 is 5.97 Å². The van der Waals surface area contributed by atoms with E-state index in [-0.39, 0.29) is 5.91 Å². The predicted molar refractivity (Wildman–Crippen MR) is 118 cm³/mol. The van der Waals surface area contributed by atoms with Crippen molar-refractivity contribution in [2.75, 3.05) is 7.11 Å². The van der Waals surface area contributed by atoms with Crippen molar-refractivity contribution < 1.29 is 18.7 Å². The average molecular weight is 439 g/mol. The molecule has 1 N–H and O–H groups in total. The minimum atomic E-state index is -0.467. The summed E-state index contributed by atoms with van der Waals surface area (Å²) in [6.45, 7) is 0. The third-order valence-electron chi connectivity index (χ3n) is 4.19. The quantitative estimate of drug-likeness (QED) is 0.443. The van der Waals surface area contributed by atoms with Crippen molar-refractivity contribution in [2.45, 2.75) is 0 Å². The molecule has 0 atom stereocenters. The van der Waals surface area contributed by atoms with E-state index in [0.29, 0.717) is 37.7 Å². The standard InChI is InChI=1S/C22H15ClN2O4S/c1-28-21(27)13-7-9-17(23)16(11-13)18-10-8-15(29-18)12-19-20(26)25-22(30-19)24-14-5-3-2-4-6-14/h2-12H,1H3,(H,24,25,26). The molecule has 0 spiro atoms. The number of ether oxygens (including phenoxy) is 1. The van der Waals surface area contributed by atoms with Gasteiger partial charge in [-0.15, -0.1) is 0 Å². The first-order chi connectivity index (χ1) is 14.5. The highest BCUT2D eigenvalue weighted by molar-refractivity contribution is 8.18. The van der Waals surface area contributed by atoms with E-state index in [2.05, 4.69) is 10.3 Å². The van der Waals surface area contributed by atoms with Crippen LogP contribution >= 0.6 is 23.4 Å². The molecule has 3 aromatic rings. The van der Waals surface area contributed by atoms with E-state index in [1.165, 1.54) is 18.9 Å². The molecule has 30 heavy (non-hydrogen) atoms. The number of esters is 1. The number of methoxy groups -OCH3 is 1. The molecule has 1 saturated heterocycles. The van der Waals surface area contributed by atoms with E-state index in [1.54, 1.807) is 36.4 Å². The molecule has 1 amide bonds. The number of carbonyl (C=O) groups is 2. The van der Waals surface area contributed by atoms with E-state index < -0.39 is 5.97 Å². The Bertz CT molecular complexity index is 1180. The highest BCUT2D eigenvalue weighted by Crippen LogP contribution is 2.33. The third-order valence-corrected chi connectivity index (χ3v) is 5.43. The van der Waals surface area contributed by atoms with Gasteiger partial charge in [0.15, 0.2) is 5.17 Å². The summed E-state index contributed by atoms with van der Waals surface area (Å²) in [6, 6.07) is 17.6. The van der Waals surface area contributed by atoms with Crippen LogP contribution in [0.3, 0.4) is 0 Å². The number of thioether (sulfide) groups is 1. The monoisotopic (exact) mass is 438 g/mol. The summed E-state index contributed by atoms with van der Waals surface area (Å²) in [6.07, 6.45) is 1.63. The van der Waals surface area contributed by atoms with E-state index in [4.69, 9.17) is 20.8 Å². The molecule has 0 saturated carbocycles. The van der Waals surface area contributed by atoms with E-state index >= 15 is 0 Å². The van der Waals surface area contributed by atoms with Crippen molar-refractivity contribution in [1.82, 2.24) is 5.32 Å². The van der Waals surface area contributed by atoms with Gasteiger partial charge < -0.3 is 14.5 Å². The largest absolute Gasteiger partial charge is 0.465 e. The number of hydrogen-bond acceptors (Lipinski definition) is 6. The lowest BCUT2D eigenvalue weighted by molar-refractivity contribution is -0.115. The van der Waals surface area contributed by atoms with E-state index in [9.17, 15) is 9.59 Å². The molecule has 1 fully saturated rings. The summed E-state index contributed by atoms with van der Waals surface area (Å²) in [5.41, 5.74) is 1.67. The fraction of sp³-hybridized carbons (Fsp3) is 0.0455. The Balaban J connectivity index is 1.58. The Kier molecular flexibility index (Phi) is 5.74. The number of amides is 1. The van der Waals surface area contributed by atoms with Crippen LogP contribution in [0.1, 0.15) is 16.1 Å². The maximum atomic E-state index is 12.3. The van der Waals surface area contributed by atoms with Gasteiger partial charge in [-0.05, 0) is 54.2 Å². The van der Waals surface area contributed by atoms with Gasteiger partial charge in [-0.25, -0.2) is 9.79 Å². The van der Waals surface area contributed by atoms with Gasteiger partial charge in [0, 0.05) is 11.6 Å². The van der Waals surface area contributed by atoms with Crippen LogP contribution in [0, 0.1) is 0 Å². The summed E-state index contributed by atoms with van der Waals surface area (Å²) in [5.74, 6) is 0.228. The van der Waals surface area contributed by atoms with Crippen molar-refractivity contribution in [3.63, 3.8) is 0 Å². The van der Waals surface area contributed by atoms with Crippen molar-refractivity contribution in [3.8, 4) is 11.3 Å². The first-order valence-electron chi connectivity index (χ1n) is 8.86. The van der Waals surface area contributed by atoms with Crippen LogP contribution in [0.25, 0.3) is 17.4 Å². The number of para-hydroxylation sites is 1. The molecular weight excluding hydrogens is 424 g/mol. The Morgan fingerprint density at radius 1 is 1.17 bits per heavy atom. The summed E-state index contributed by atoms with van der Waals surface area (Å²) >= 11 is 7.50. The third kappa shape index (κ3) is 4.32. The van der Waals surface area contributed by atoms with Gasteiger partial charge in [0.1, 0.15) is 11.5 Å². The number of carbonyl (C=O) groups excluding carboxylic acids is 2. The van der Waals surface area contributed by atoms with Crippen LogP contribution < -0.4 is 5.32 Å². The van der Waals surface area contributed by atoms with Crippen molar-refractivity contribution in [3.05, 3.63) is 81.9 Å². The fourth-order valence-corrected chi connectivity index (χ4v) is 3.80. The van der Waals surface area contributed by atoms with Crippen LogP contribution in [-0.2, 0) is 9.53 Å². The highest BCUT2D eigenvalue weighted by atomic mass is 35.5. The zero-order valence-corrected chi connectivity index (χ0v) is 17.3. The van der Waals surface area contributed by atoms with Gasteiger partial charge in [-0.2, -0.15) is 0 Å². The van der Waals surface area contributed by atoms with Gasteiger partial charge in [0.2, 0.25) is 0 Å².